The molecule has 22 heavy (non-hydrogen) atoms. The van der Waals surface area contributed by atoms with Gasteiger partial charge in [-0.2, -0.15) is 0 Å². The summed E-state index contributed by atoms with van der Waals surface area (Å²) in [6.07, 6.45) is 8.01. The fraction of sp³-hybridized carbons (Fsp3) is 0.474. The Morgan fingerprint density at radius 2 is 1.36 bits per heavy atom. The van der Waals surface area contributed by atoms with Gasteiger partial charge in [-0.25, -0.2) is 0 Å². The minimum absolute atomic E-state index is 0. The van der Waals surface area contributed by atoms with Crippen LogP contribution in [0.25, 0.3) is 0 Å². The van der Waals surface area contributed by atoms with Crippen LogP contribution in [0, 0.1) is 0 Å². The Bertz CT molecular complexity index is 526. The number of halogens is 2. The van der Waals surface area contributed by atoms with E-state index in [4.69, 9.17) is 0 Å². The van der Waals surface area contributed by atoms with Gasteiger partial charge in [-0.3, -0.25) is 0 Å². The molecule has 0 nitrogen and oxygen atoms in total. The molecule has 0 aliphatic heterocycles. The van der Waals surface area contributed by atoms with Crippen LogP contribution in [-0.2, 0) is 30.0 Å². The van der Waals surface area contributed by atoms with Crippen LogP contribution < -0.4 is 3.87 Å². The molecule has 0 spiro atoms. The van der Waals surface area contributed by atoms with Gasteiger partial charge in [-0.05, 0) is 0 Å². The maximum Gasteiger partial charge on any atom is -0.147 e. The zero-order valence-electron chi connectivity index (χ0n) is 14.5. The molecule has 122 valence electrons. The van der Waals surface area contributed by atoms with Crippen LogP contribution in [0.1, 0.15) is 59.1 Å². The average Bonchev–Trinajstić information content (AvgIpc) is 2.79. The molecule has 1 aromatic carbocycles. The third kappa shape index (κ3) is 5.27. The van der Waals surface area contributed by atoms with Crippen molar-refractivity contribution in [3.8, 4) is 0 Å². The second-order valence-corrected chi connectivity index (χ2v) is 9.85. The summed E-state index contributed by atoms with van der Waals surface area (Å²) in [6.45, 7) is 14.0. The Morgan fingerprint density at radius 3 is 1.73 bits per heavy atom. The summed E-state index contributed by atoms with van der Waals surface area (Å²) in [4.78, 5) is 0. The van der Waals surface area contributed by atoms with E-state index in [1.165, 1.54) is 6.42 Å². The van der Waals surface area contributed by atoms with Crippen molar-refractivity contribution in [1.82, 2.24) is 0 Å². The molecule has 0 N–H and O–H groups in total. The van der Waals surface area contributed by atoms with E-state index >= 15 is 0 Å². The molecule has 0 fully saturated rings. The molecule has 1 aromatic rings. The molecule has 0 radical (unpaired) electrons. The number of benzene rings is 1. The van der Waals surface area contributed by atoms with Crippen molar-refractivity contribution < 1.29 is 19.2 Å². The first-order valence-corrected chi connectivity index (χ1v) is 9.02. The van der Waals surface area contributed by atoms with Gasteiger partial charge in [0, 0.05) is 0 Å². The van der Waals surface area contributed by atoms with E-state index in [1.807, 2.05) is 0 Å². The summed E-state index contributed by atoms with van der Waals surface area (Å²) >= 11 is -0.209. The zero-order valence-corrected chi connectivity index (χ0v) is 17.7. The van der Waals surface area contributed by atoms with Crippen molar-refractivity contribution in [2.75, 3.05) is 0 Å². The van der Waals surface area contributed by atoms with Crippen LogP contribution in [0.4, 0.5) is 0 Å². The quantitative estimate of drug-likeness (QED) is 0.584. The van der Waals surface area contributed by atoms with Crippen molar-refractivity contribution in [3.05, 3.63) is 51.4 Å². The third-order valence-corrected chi connectivity index (χ3v) is 6.05. The van der Waals surface area contributed by atoms with Gasteiger partial charge in [0.15, 0.2) is 0 Å². The number of hydrogen-bond donors (Lipinski definition) is 0. The number of hydrogen-bond acceptors (Lipinski definition) is 0. The first-order valence-electron chi connectivity index (χ1n) is 7.46. The fourth-order valence-electron chi connectivity index (χ4n) is 2.64. The molecule has 0 amide bonds. The topological polar surface area (TPSA) is 0 Å². The average molecular weight is 375 g/mol. The molecule has 0 bridgehead atoms. The van der Waals surface area contributed by atoms with E-state index in [1.54, 1.807) is 18.9 Å². The Kier molecular flexibility index (Phi) is 8.20. The summed E-state index contributed by atoms with van der Waals surface area (Å²) in [7, 11) is 0. The largest absolute Gasteiger partial charge is 0.147 e. The predicted molar refractivity (Wildman–Crippen MR) is 99.8 cm³/mol. The first-order chi connectivity index (χ1) is 9.19. The van der Waals surface area contributed by atoms with Gasteiger partial charge in [0.05, 0.1) is 0 Å². The predicted octanol–water partition coefficient (Wildman–Crippen LogP) is 5.68. The van der Waals surface area contributed by atoms with Crippen LogP contribution in [0.5, 0.6) is 0 Å². The van der Waals surface area contributed by atoms with E-state index in [9.17, 15) is 0 Å². The molecule has 1 aliphatic carbocycles. The second kappa shape index (κ2) is 8.20. The fourth-order valence-corrected chi connectivity index (χ4v) is 5.61. The molecule has 1 aliphatic rings. The van der Waals surface area contributed by atoms with Crippen molar-refractivity contribution in [1.29, 1.82) is 0 Å². The van der Waals surface area contributed by atoms with E-state index in [-0.39, 0.29) is 54.8 Å². The summed E-state index contributed by atoms with van der Waals surface area (Å²) in [5, 5.41) is 0. The normalized spacial score (nSPS) is 14.0. The van der Waals surface area contributed by atoms with E-state index < -0.39 is 0 Å². The van der Waals surface area contributed by atoms with E-state index in [2.05, 4.69) is 78.0 Å². The van der Waals surface area contributed by atoms with Crippen LogP contribution in [-0.4, -0.2) is 0 Å². The Morgan fingerprint density at radius 1 is 0.864 bits per heavy atom. The monoisotopic (exact) mass is 374 g/mol. The summed E-state index contributed by atoms with van der Waals surface area (Å²) in [6, 6.07) is 6.94. The summed E-state index contributed by atoms with van der Waals surface area (Å²) < 4.78 is 3.33. The molecule has 3 heteroatoms. The Hall–Kier alpha value is -0.00571. The standard InChI is InChI=1S/C14H21.C5H5.2ClH.Ti/c1-13(2,3)11-8-7-9-12(10-11)14(4,5)6;1-2-4-5-3-1;;;/h7-9H,1-6H3;1-3H,4H2;2*1H;. The van der Waals surface area contributed by atoms with Crippen LogP contribution in [0.15, 0.2) is 40.3 Å². The molecule has 0 aromatic heterocycles. The van der Waals surface area contributed by atoms with Crippen molar-refractivity contribution >= 4 is 28.7 Å². The second-order valence-electron chi connectivity index (χ2n) is 7.68. The molecule has 2 rings (SSSR count). The van der Waals surface area contributed by atoms with Crippen molar-refractivity contribution in [2.45, 2.75) is 58.8 Å². The van der Waals surface area contributed by atoms with Gasteiger partial charge < -0.3 is 0 Å². The van der Waals surface area contributed by atoms with Gasteiger partial charge in [-0.1, -0.05) is 0 Å². The summed E-state index contributed by atoms with van der Waals surface area (Å²) in [5.41, 5.74) is 3.56. The summed E-state index contributed by atoms with van der Waals surface area (Å²) in [5.74, 6) is 0. The minimum Gasteiger partial charge on any atom is -0.147 e. The third-order valence-electron chi connectivity index (χ3n) is 3.74. The van der Waals surface area contributed by atoms with Crippen LogP contribution >= 0.6 is 24.8 Å². The van der Waals surface area contributed by atoms with Crippen molar-refractivity contribution in [2.24, 2.45) is 0 Å². The van der Waals surface area contributed by atoms with Crippen molar-refractivity contribution in [3.63, 3.8) is 0 Å². The smallest absolute Gasteiger partial charge is 0.147 e. The zero-order chi connectivity index (χ0) is 15.0. The van der Waals surface area contributed by atoms with Gasteiger partial charge in [-0.15, -0.1) is 24.8 Å². The SMILES string of the molecule is CC(C)(C)c1cccc(C(C)(C)C)[c]1[Ti][C]1=CC=CC1.Cl.Cl. The molecular weight excluding hydrogens is 347 g/mol. The van der Waals surface area contributed by atoms with E-state index in [0.29, 0.717) is 0 Å². The number of rotatable bonds is 2. The molecule has 0 saturated heterocycles. The molecule has 0 heterocycles. The van der Waals surface area contributed by atoms with Gasteiger partial charge in [0.25, 0.3) is 0 Å². The maximum atomic E-state index is 2.34. The number of allylic oxidation sites excluding steroid dienone is 4. The Balaban J connectivity index is 0.00000220. The van der Waals surface area contributed by atoms with Gasteiger partial charge in [0.2, 0.25) is 0 Å². The van der Waals surface area contributed by atoms with Gasteiger partial charge in [0.1, 0.15) is 0 Å². The minimum atomic E-state index is -0.209. The maximum absolute atomic E-state index is 2.34. The van der Waals surface area contributed by atoms with Crippen LogP contribution in [0.3, 0.4) is 0 Å². The van der Waals surface area contributed by atoms with Crippen LogP contribution in [0.2, 0.25) is 0 Å². The molecule has 0 unspecified atom stereocenters. The molecular formula is C19H28Cl2Ti. The first kappa shape index (κ1) is 22.0. The molecule has 0 atom stereocenters. The molecule has 0 saturated carbocycles. The Labute approximate surface area is 157 Å². The van der Waals surface area contributed by atoms with Gasteiger partial charge >= 0.3 is 133 Å². The van der Waals surface area contributed by atoms with E-state index in [0.717, 1.165) is 0 Å².